The van der Waals surface area contributed by atoms with Crippen LogP contribution in [0.2, 0.25) is 5.02 Å². The first-order valence-corrected chi connectivity index (χ1v) is 8.95. The third kappa shape index (κ3) is 3.87. The smallest absolute Gasteiger partial charge is 0.262 e. The molecule has 0 fully saturated rings. The van der Waals surface area contributed by atoms with Crippen LogP contribution in [-0.4, -0.2) is 32.3 Å². The molecule has 1 aromatic carbocycles. The molecule has 1 aromatic rings. The number of carbonyl (C=O) groups excluding carboxylic acids is 1. The summed E-state index contributed by atoms with van der Waals surface area (Å²) >= 11 is 5.94. The van der Waals surface area contributed by atoms with Gasteiger partial charge in [0, 0.05) is 29.3 Å². The van der Waals surface area contributed by atoms with Crippen molar-refractivity contribution in [2.24, 2.45) is 0 Å². The molecule has 0 saturated heterocycles. The van der Waals surface area contributed by atoms with Crippen molar-refractivity contribution in [2.75, 3.05) is 13.1 Å². The lowest BCUT2D eigenvalue weighted by molar-refractivity contribution is 0.0764. The van der Waals surface area contributed by atoms with Gasteiger partial charge in [-0.25, -0.2) is 8.42 Å². The predicted octanol–water partition coefficient (Wildman–Crippen LogP) is 3.45. The number of amides is 1. The zero-order valence-corrected chi connectivity index (χ0v) is 13.9. The molecule has 0 heterocycles. The topological polar surface area (TPSA) is 54.5 Å². The lowest BCUT2D eigenvalue weighted by atomic mass is 10.1. The molecular weight excluding hydrogens is 321 g/mol. The highest BCUT2D eigenvalue weighted by Gasteiger charge is 2.21. The van der Waals surface area contributed by atoms with Crippen molar-refractivity contribution >= 4 is 37.2 Å². The van der Waals surface area contributed by atoms with E-state index in [4.69, 9.17) is 22.3 Å². The lowest BCUT2D eigenvalue weighted by Crippen LogP contribution is -2.31. The summed E-state index contributed by atoms with van der Waals surface area (Å²) in [7, 11) is 1.36. The number of aryl methyl sites for hydroxylation is 1. The van der Waals surface area contributed by atoms with Crippen molar-refractivity contribution in [3.05, 3.63) is 28.3 Å². The molecule has 4 nitrogen and oxygen atoms in total. The summed E-state index contributed by atoms with van der Waals surface area (Å²) in [5.41, 5.74) is 0.783. The maximum atomic E-state index is 12.4. The molecule has 0 aliphatic heterocycles. The van der Waals surface area contributed by atoms with E-state index in [2.05, 4.69) is 0 Å². The number of carbonyl (C=O) groups is 1. The second-order valence-electron chi connectivity index (χ2n) is 4.43. The summed E-state index contributed by atoms with van der Waals surface area (Å²) in [6, 6.07) is 2.81. The number of rotatable bonds is 5. The van der Waals surface area contributed by atoms with E-state index in [9.17, 15) is 13.2 Å². The van der Waals surface area contributed by atoms with E-state index < -0.39 is 9.05 Å². The van der Waals surface area contributed by atoms with E-state index >= 15 is 0 Å². The third-order valence-electron chi connectivity index (χ3n) is 2.89. The first-order chi connectivity index (χ1) is 9.22. The Hall–Kier alpha value is -0.780. The summed E-state index contributed by atoms with van der Waals surface area (Å²) in [4.78, 5) is 13.8. The minimum Gasteiger partial charge on any atom is -0.339 e. The van der Waals surface area contributed by atoms with Gasteiger partial charge in [-0.05, 0) is 38.0 Å². The van der Waals surface area contributed by atoms with Crippen LogP contribution in [-0.2, 0) is 9.05 Å². The Labute approximate surface area is 129 Å². The highest BCUT2D eigenvalue weighted by atomic mass is 35.7. The van der Waals surface area contributed by atoms with Crippen LogP contribution in [0.4, 0.5) is 0 Å². The van der Waals surface area contributed by atoms with Gasteiger partial charge in [0.15, 0.2) is 0 Å². The molecule has 0 aromatic heterocycles. The molecule has 0 saturated carbocycles. The number of hydrogen-bond donors (Lipinski definition) is 0. The van der Waals surface area contributed by atoms with Gasteiger partial charge in [-0.1, -0.05) is 18.5 Å². The van der Waals surface area contributed by atoms with Gasteiger partial charge in [0.1, 0.15) is 4.90 Å². The monoisotopic (exact) mass is 337 g/mol. The fourth-order valence-corrected chi connectivity index (χ4v) is 3.43. The zero-order valence-electron chi connectivity index (χ0n) is 11.6. The largest absolute Gasteiger partial charge is 0.339 e. The normalized spacial score (nSPS) is 11.4. The van der Waals surface area contributed by atoms with Gasteiger partial charge >= 0.3 is 0 Å². The van der Waals surface area contributed by atoms with E-state index in [1.807, 2.05) is 13.8 Å². The van der Waals surface area contributed by atoms with Crippen LogP contribution >= 0.6 is 22.3 Å². The van der Waals surface area contributed by atoms with Crippen LogP contribution in [0.25, 0.3) is 0 Å². The molecule has 112 valence electrons. The van der Waals surface area contributed by atoms with Crippen molar-refractivity contribution in [1.29, 1.82) is 0 Å². The van der Waals surface area contributed by atoms with Crippen LogP contribution in [0.1, 0.15) is 36.2 Å². The zero-order chi connectivity index (χ0) is 15.5. The second-order valence-corrected chi connectivity index (χ2v) is 7.34. The van der Waals surface area contributed by atoms with E-state index in [1.54, 1.807) is 17.9 Å². The van der Waals surface area contributed by atoms with Crippen LogP contribution in [0.3, 0.4) is 0 Å². The Morgan fingerprint density at radius 3 is 2.35 bits per heavy atom. The summed E-state index contributed by atoms with van der Waals surface area (Å²) in [6.07, 6.45) is 0.826. The highest BCUT2D eigenvalue weighted by Crippen LogP contribution is 2.29. The Morgan fingerprint density at radius 1 is 1.30 bits per heavy atom. The van der Waals surface area contributed by atoms with Gasteiger partial charge in [0.2, 0.25) is 0 Å². The van der Waals surface area contributed by atoms with E-state index in [-0.39, 0.29) is 21.4 Å². The standard InChI is InChI=1S/C13H17Cl2NO3S/c1-4-6-16(5-2)13(17)10-7-9(3)12(14)11(8-10)20(15,18)19/h7-8H,4-6H2,1-3H3. The van der Waals surface area contributed by atoms with Gasteiger partial charge in [0.05, 0.1) is 5.02 Å². The molecule has 0 aliphatic rings. The molecule has 0 spiro atoms. The Kier molecular flexibility index (Phi) is 5.86. The quantitative estimate of drug-likeness (QED) is 0.773. The third-order valence-corrected chi connectivity index (χ3v) is 4.85. The van der Waals surface area contributed by atoms with Gasteiger partial charge < -0.3 is 4.90 Å². The molecule has 0 atom stereocenters. The Morgan fingerprint density at radius 2 is 1.90 bits per heavy atom. The van der Waals surface area contributed by atoms with Gasteiger partial charge in [-0.2, -0.15) is 0 Å². The van der Waals surface area contributed by atoms with Gasteiger partial charge in [-0.15, -0.1) is 0 Å². The van der Waals surface area contributed by atoms with Crippen LogP contribution < -0.4 is 0 Å². The summed E-state index contributed by atoms with van der Waals surface area (Å²) in [5, 5.41) is 0.0510. The second kappa shape index (κ2) is 6.78. The minimum absolute atomic E-state index is 0.0510. The molecule has 0 radical (unpaired) electrons. The molecule has 0 N–H and O–H groups in total. The fraction of sp³-hybridized carbons (Fsp3) is 0.462. The van der Waals surface area contributed by atoms with E-state index in [0.717, 1.165) is 6.42 Å². The molecule has 0 bridgehead atoms. The number of hydrogen-bond acceptors (Lipinski definition) is 3. The van der Waals surface area contributed by atoms with Crippen molar-refractivity contribution in [1.82, 2.24) is 4.90 Å². The Balaban J connectivity index is 3.34. The summed E-state index contributed by atoms with van der Waals surface area (Å²) in [6.45, 7) is 6.64. The van der Waals surface area contributed by atoms with Crippen molar-refractivity contribution in [2.45, 2.75) is 32.1 Å². The maximum absolute atomic E-state index is 12.4. The van der Waals surface area contributed by atoms with Crippen molar-refractivity contribution < 1.29 is 13.2 Å². The molecule has 7 heteroatoms. The summed E-state index contributed by atoms with van der Waals surface area (Å²) in [5.74, 6) is -0.226. The van der Waals surface area contributed by atoms with E-state index in [0.29, 0.717) is 18.7 Å². The van der Waals surface area contributed by atoms with Gasteiger partial charge in [0.25, 0.3) is 15.0 Å². The van der Waals surface area contributed by atoms with Crippen molar-refractivity contribution in [3.8, 4) is 0 Å². The van der Waals surface area contributed by atoms with Crippen LogP contribution in [0.5, 0.6) is 0 Å². The average molecular weight is 338 g/mol. The number of benzene rings is 1. The SMILES string of the molecule is CCCN(CC)C(=O)c1cc(C)c(Cl)c(S(=O)(=O)Cl)c1. The molecule has 0 unspecified atom stereocenters. The number of halogens is 2. The molecular formula is C13H17Cl2NO3S. The lowest BCUT2D eigenvalue weighted by Gasteiger charge is -2.20. The molecule has 20 heavy (non-hydrogen) atoms. The first kappa shape index (κ1) is 17.3. The van der Waals surface area contributed by atoms with Crippen molar-refractivity contribution in [3.63, 3.8) is 0 Å². The van der Waals surface area contributed by atoms with Gasteiger partial charge in [-0.3, -0.25) is 4.79 Å². The molecule has 1 amide bonds. The molecule has 0 aliphatic carbocycles. The fourth-order valence-electron chi connectivity index (χ4n) is 1.89. The average Bonchev–Trinajstić information content (AvgIpc) is 2.36. The molecule has 1 rings (SSSR count). The summed E-state index contributed by atoms with van der Waals surface area (Å²) < 4.78 is 23.0. The first-order valence-electron chi connectivity index (χ1n) is 6.26. The predicted molar refractivity (Wildman–Crippen MR) is 81.1 cm³/mol. The Bertz CT molecular complexity index is 614. The van der Waals surface area contributed by atoms with Crippen LogP contribution in [0, 0.1) is 6.92 Å². The highest BCUT2D eigenvalue weighted by molar-refractivity contribution is 8.13. The number of nitrogens with zero attached hydrogens (tertiary/aromatic N) is 1. The van der Waals surface area contributed by atoms with E-state index in [1.165, 1.54) is 6.07 Å². The minimum atomic E-state index is -3.99. The maximum Gasteiger partial charge on any atom is 0.262 e. The van der Waals surface area contributed by atoms with Crippen LogP contribution in [0.15, 0.2) is 17.0 Å².